The van der Waals surface area contributed by atoms with Crippen molar-refractivity contribution in [2.24, 2.45) is 10.2 Å². The third-order valence-electron chi connectivity index (χ3n) is 3.65. The van der Waals surface area contributed by atoms with Gasteiger partial charge >= 0.3 is 0 Å². The second kappa shape index (κ2) is 8.48. The first-order chi connectivity index (χ1) is 10.8. The number of methoxy groups -OCH3 is 1. The van der Waals surface area contributed by atoms with Crippen LogP contribution in [-0.4, -0.2) is 50.8 Å². The summed E-state index contributed by atoms with van der Waals surface area (Å²) >= 11 is 0. The van der Waals surface area contributed by atoms with Gasteiger partial charge in [0.2, 0.25) is 6.41 Å². The first-order valence-corrected chi connectivity index (χ1v) is 7.59. The standard InChI is InChI=1S/C16H23N3O3/c1-3-9-22-14-6-4-13(5-7-14)16-15(11-17-18-16)19(12-20)8-10-21-2/h4-7,12,15-16H,3,8-11H2,1-2H3. The Bertz CT molecular complexity index is 490. The molecule has 1 aliphatic heterocycles. The van der Waals surface area contributed by atoms with Crippen LogP contribution in [0.2, 0.25) is 0 Å². The molecule has 1 aromatic carbocycles. The molecule has 0 N–H and O–H groups in total. The molecule has 1 aliphatic rings. The van der Waals surface area contributed by atoms with Crippen LogP contribution >= 0.6 is 0 Å². The number of amides is 1. The predicted octanol–water partition coefficient (Wildman–Crippen LogP) is 2.46. The maximum atomic E-state index is 11.3. The molecule has 2 atom stereocenters. The molecular weight excluding hydrogens is 282 g/mol. The van der Waals surface area contributed by atoms with Crippen molar-refractivity contribution in [3.8, 4) is 5.75 Å². The first-order valence-electron chi connectivity index (χ1n) is 7.59. The van der Waals surface area contributed by atoms with Crippen LogP contribution in [0.4, 0.5) is 0 Å². The minimum Gasteiger partial charge on any atom is -0.494 e. The van der Waals surface area contributed by atoms with Crippen LogP contribution in [0.1, 0.15) is 24.9 Å². The zero-order valence-electron chi connectivity index (χ0n) is 13.1. The fourth-order valence-electron chi connectivity index (χ4n) is 2.45. The van der Waals surface area contributed by atoms with Crippen molar-refractivity contribution in [2.45, 2.75) is 25.4 Å². The Kier molecular flexibility index (Phi) is 6.33. The third-order valence-corrected chi connectivity index (χ3v) is 3.65. The number of carbonyl (C=O) groups excluding carboxylic acids is 1. The highest BCUT2D eigenvalue weighted by molar-refractivity contribution is 5.48. The molecule has 0 fully saturated rings. The second-order valence-electron chi connectivity index (χ2n) is 5.21. The molecule has 2 rings (SSSR count). The fraction of sp³-hybridized carbons (Fsp3) is 0.562. The molecule has 120 valence electrons. The highest BCUT2D eigenvalue weighted by Gasteiger charge is 2.31. The topological polar surface area (TPSA) is 63.5 Å². The van der Waals surface area contributed by atoms with Crippen molar-refractivity contribution >= 4 is 6.41 Å². The number of carbonyl (C=O) groups is 1. The molecule has 1 aromatic rings. The summed E-state index contributed by atoms with van der Waals surface area (Å²) in [6.45, 7) is 4.36. The van der Waals surface area contributed by atoms with E-state index in [1.165, 1.54) is 0 Å². The lowest BCUT2D eigenvalue weighted by Crippen LogP contribution is -2.40. The first kappa shape index (κ1) is 16.4. The van der Waals surface area contributed by atoms with Crippen LogP contribution in [0, 0.1) is 0 Å². The molecule has 0 aliphatic carbocycles. The summed E-state index contributed by atoms with van der Waals surface area (Å²) in [6, 6.07) is 7.70. The highest BCUT2D eigenvalue weighted by atomic mass is 16.5. The monoisotopic (exact) mass is 305 g/mol. The lowest BCUT2D eigenvalue weighted by Gasteiger charge is -2.27. The summed E-state index contributed by atoms with van der Waals surface area (Å²) in [7, 11) is 1.62. The molecule has 6 heteroatoms. The summed E-state index contributed by atoms with van der Waals surface area (Å²) < 4.78 is 10.6. The average Bonchev–Trinajstić information content (AvgIpc) is 3.04. The van der Waals surface area contributed by atoms with Gasteiger partial charge in [-0.3, -0.25) is 4.79 Å². The molecule has 0 spiro atoms. The van der Waals surface area contributed by atoms with E-state index in [4.69, 9.17) is 9.47 Å². The Hall–Kier alpha value is -1.95. The van der Waals surface area contributed by atoms with E-state index in [9.17, 15) is 4.79 Å². The zero-order valence-corrected chi connectivity index (χ0v) is 13.1. The Balaban J connectivity index is 2.05. The van der Waals surface area contributed by atoms with Crippen molar-refractivity contribution in [2.75, 3.05) is 33.4 Å². The molecule has 0 saturated carbocycles. The van der Waals surface area contributed by atoms with E-state index >= 15 is 0 Å². The fourth-order valence-corrected chi connectivity index (χ4v) is 2.45. The van der Waals surface area contributed by atoms with Crippen LogP contribution < -0.4 is 4.74 Å². The maximum Gasteiger partial charge on any atom is 0.210 e. The Morgan fingerprint density at radius 3 is 2.73 bits per heavy atom. The van der Waals surface area contributed by atoms with E-state index in [0.717, 1.165) is 24.1 Å². The van der Waals surface area contributed by atoms with E-state index in [1.54, 1.807) is 12.0 Å². The van der Waals surface area contributed by atoms with Crippen LogP contribution in [0.5, 0.6) is 5.75 Å². The minimum absolute atomic E-state index is 0.0462. The van der Waals surface area contributed by atoms with Crippen LogP contribution in [0.25, 0.3) is 0 Å². The molecular formula is C16H23N3O3. The number of hydrogen-bond acceptors (Lipinski definition) is 5. The van der Waals surface area contributed by atoms with E-state index in [0.29, 0.717) is 26.3 Å². The molecule has 0 radical (unpaired) electrons. The number of azo groups is 1. The summed E-state index contributed by atoms with van der Waals surface area (Å²) in [6.07, 6.45) is 1.83. The Labute approximate surface area is 131 Å². The van der Waals surface area contributed by atoms with Crippen LogP contribution in [0.15, 0.2) is 34.5 Å². The SMILES string of the molecule is CCCOc1ccc(C2N=NCC2N(C=O)CCOC)cc1. The number of rotatable bonds is 9. The lowest BCUT2D eigenvalue weighted by atomic mass is 10.00. The molecule has 0 aromatic heterocycles. The molecule has 0 bridgehead atoms. The molecule has 2 unspecified atom stereocenters. The van der Waals surface area contributed by atoms with Crippen molar-refractivity contribution in [3.05, 3.63) is 29.8 Å². The number of nitrogens with zero attached hydrogens (tertiary/aromatic N) is 3. The van der Waals surface area contributed by atoms with Crippen molar-refractivity contribution in [1.29, 1.82) is 0 Å². The second-order valence-corrected chi connectivity index (χ2v) is 5.21. The van der Waals surface area contributed by atoms with Crippen molar-refractivity contribution in [1.82, 2.24) is 4.90 Å². The van der Waals surface area contributed by atoms with Gasteiger partial charge in [0.05, 0.1) is 25.8 Å². The van der Waals surface area contributed by atoms with Gasteiger partial charge in [-0.15, -0.1) is 0 Å². The molecule has 22 heavy (non-hydrogen) atoms. The largest absolute Gasteiger partial charge is 0.494 e. The highest BCUT2D eigenvalue weighted by Crippen LogP contribution is 2.31. The molecule has 1 heterocycles. The van der Waals surface area contributed by atoms with Gasteiger partial charge in [-0.1, -0.05) is 19.1 Å². The van der Waals surface area contributed by atoms with Crippen LogP contribution in [0.3, 0.4) is 0 Å². The number of hydrogen-bond donors (Lipinski definition) is 0. The Morgan fingerprint density at radius 2 is 2.09 bits per heavy atom. The zero-order chi connectivity index (χ0) is 15.8. The van der Waals surface area contributed by atoms with E-state index < -0.39 is 0 Å². The summed E-state index contributed by atoms with van der Waals surface area (Å²) in [5.41, 5.74) is 1.04. The van der Waals surface area contributed by atoms with Gasteiger partial charge in [0.1, 0.15) is 11.8 Å². The molecule has 0 saturated heterocycles. The normalized spacial score (nSPS) is 20.1. The Morgan fingerprint density at radius 1 is 1.32 bits per heavy atom. The van der Waals surface area contributed by atoms with E-state index in [2.05, 4.69) is 17.2 Å². The van der Waals surface area contributed by atoms with E-state index in [1.807, 2.05) is 24.3 Å². The quantitative estimate of drug-likeness (QED) is 0.658. The van der Waals surface area contributed by atoms with Gasteiger partial charge in [0.25, 0.3) is 0 Å². The third kappa shape index (κ3) is 4.04. The van der Waals surface area contributed by atoms with Gasteiger partial charge in [0.15, 0.2) is 0 Å². The van der Waals surface area contributed by atoms with Crippen LogP contribution in [-0.2, 0) is 9.53 Å². The van der Waals surface area contributed by atoms with E-state index in [-0.39, 0.29) is 12.1 Å². The predicted molar refractivity (Wildman–Crippen MR) is 83.1 cm³/mol. The summed E-state index contributed by atoms with van der Waals surface area (Å²) in [5, 5.41) is 8.42. The minimum atomic E-state index is -0.123. The van der Waals surface area contributed by atoms with Gasteiger partial charge < -0.3 is 14.4 Å². The molecule has 1 amide bonds. The van der Waals surface area contributed by atoms with Crippen molar-refractivity contribution < 1.29 is 14.3 Å². The van der Waals surface area contributed by atoms with Gasteiger partial charge in [-0.05, 0) is 24.1 Å². The van der Waals surface area contributed by atoms with Crippen molar-refractivity contribution in [3.63, 3.8) is 0 Å². The lowest BCUT2D eigenvalue weighted by molar-refractivity contribution is -0.120. The van der Waals surface area contributed by atoms with Gasteiger partial charge in [-0.25, -0.2) is 0 Å². The number of benzene rings is 1. The van der Waals surface area contributed by atoms with Gasteiger partial charge in [-0.2, -0.15) is 10.2 Å². The molecule has 6 nitrogen and oxygen atoms in total. The van der Waals surface area contributed by atoms with Gasteiger partial charge in [0, 0.05) is 13.7 Å². The smallest absolute Gasteiger partial charge is 0.210 e. The summed E-state index contributed by atoms with van der Waals surface area (Å²) in [4.78, 5) is 13.0. The average molecular weight is 305 g/mol. The number of ether oxygens (including phenoxy) is 2. The summed E-state index contributed by atoms with van der Waals surface area (Å²) in [5.74, 6) is 0.851. The maximum absolute atomic E-state index is 11.3.